The lowest BCUT2D eigenvalue weighted by molar-refractivity contribution is -0.124. The van der Waals surface area contributed by atoms with E-state index in [9.17, 15) is 14.7 Å². The average molecular weight is 426 g/mol. The van der Waals surface area contributed by atoms with Gasteiger partial charge in [0.1, 0.15) is 0 Å². The maximum absolute atomic E-state index is 12.2. The van der Waals surface area contributed by atoms with Crippen molar-refractivity contribution in [3.05, 3.63) is 65.2 Å². The fourth-order valence-corrected chi connectivity index (χ4v) is 3.05. The number of anilines is 1. The van der Waals surface area contributed by atoms with Crippen molar-refractivity contribution < 1.29 is 19.4 Å². The normalized spacial score (nSPS) is 10.9. The van der Waals surface area contributed by atoms with E-state index in [4.69, 9.17) is 16.3 Å². The summed E-state index contributed by atoms with van der Waals surface area (Å²) in [6.45, 7) is 0. The van der Waals surface area contributed by atoms with Crippen LogP contribution in [-0.4, -0.2) is 30.2 Å². The van der Waals surface area contributed by atoms with Gasteiger partial charge >= 0.3 is 0 Å². The molecule has 0 aromatic heterocycles. The molecule has 0 aliphatic carbocycles. The fraction of sp³-hybridized carbons (Fsp3) is 0.136. The molecule has 0 aliphatic rings. The molecule has 0 spiro atoms. The molecular formula is C22H20ClN3O4. The Morgan fingerprint density at radius 3 is 2.63 bits per heavy atom. The number of carbonyl (C=O) groups excluding carboxylic acids is 2. The maximum atomic E-state index is 12.2. The second-order valence-electron chi connectivity index (χ2n) is 6.42. The van der Waals surface area contributed by atoms with E-state index in [0.717, 1.165) is 10.8 Å². The van der Waals surface area contributed by atoms with Crippen LogP contribution >= 0.6 is 11.6 Å². The predicted octanol–water partition coefficient (Wildman–Crippen LogP) is 4.08. The summed E-state index contributed by atoms with van der Waals surface area (Å²) in [6.07, 6.45) is 1.36. The van der Waals surface area contributed by atoms with Crippen molar-refractivity contribution in [2.75, 3.05) is 12.4 Å². The third kappa shape index (κ3) is 5.27. The number of nitrogens with zero attached hydrogens (tertiary/aromatic N) is 1. The number of hydrogen-bond acceptors (Lipinski definition) is 5. The number of phenols is 1. The van der Waals surface area contributed by atoms with Gasteiger partial charge in [0.25, 0.3) is 0 Å². The lowest BCUT2D eigenvalue weighted by Crippen LogP contribution is -2.20. The highest BCUT2D eigenvalue weighted by Gasteiger charge is 2.10. The minimum absolute atomic E-state index is 0.0173. The van der Waals surface area contributed by atoms with E-state index in [1.165, 1.54) is 25.5 Å². The van der Waals surface area contributed by atoms with Gasteiger partial charge in [-0.3, -0.25) is 9.59 Å². The number of carbonyl (C=O) groups is 2. The Hall–Kier alpha value is -3.58. The highest BCUT2D eigenvalue weighted by atomic mass is 35.5. The smallest absolute Gasteiger partial charge is 0.240 e. The van der Waals surface area contributed by atoms with Crippen LogP contribution < -0.4 is 15.5 Å². The van der Waals surface area contributed by atoms with Gasteiger partial charge in [0, 0.05) is 23.9 Å². The van der Waals surface area contributed by atoms with Gasteiger partial charge in [0.15, 0.2) is 11.5 Å². The van der Waals surface area contributed by atoms with Crippen LogP contribution in [0.4, 0.5) is 5.69 Å². The molecule has 0 heterocycles. The maximum Gasteiger partial charge on any atom is 0.240 e. The van der Waals surface area contributed by atoms with Crippen LogP contribution in [0.2, 0.25) is 5.02 Å². The highest BCUT2D eigenvalue weighted by molar-refractivity contribution is 6.32. The first-order valence-corrected chi connectivity index (χ1v) is 9.51. The van der Waals surface area contributed by atoms with E-state index in [2.05, 4.69) is 15.8 Å². The van der Waals surface area contributed by atoms with Gasteiger partial charge in [-0.15, -0.1) is 0 Å². The molecule has 154 valence electrons. The molecule has 7 nitrogen and oxygen atoms in total. The third-order valence-electron chi connectivity index (χ3n) is 4.32. The molecule has 3 N–H and O–H groups in total. The van der Waals surface area contributed by atoms with Crippen LogP contribution in [0.3, 0.4) is 0 Å². The molecule has 3 aromatic carbocycles. The van der Waals surface area contributed by atoms with Gasteiger partial charge < -0.3 is 15.2 Å². The summed E-state index contributed by atoms with van der Waals surface area (Å²) >= 11 is 5.90. The number of rotatable bonds is 7. The zero-order valence-electron chi connectivity index (χ0n) is 16.2. The van der Waals surface area contributed by atoms with Crippen molar-refractivity contribution in [1.29, 1.82) is 0 Å². The van der Waals surface area contributed by atoms with Gasteiger partial charge in [-0.1, -0.05) is 48.0 Å². The Morgan fingerprint density at radius 1 is 1.10 bits per heavy atom. The molecule has 30 heavy (non-hydrogen) atoms. The van der Waals surface area contributed by atoms with E-state index in [1.807, 2.05) is 42.5 Å². The molecule has 8 heteroatoms. The summed E-state index contributed by atoms with van der Waals surface area (Å²) in [5, 5.41) is 18.4. The van der Waals surface area contributed by atoms with Gasteiger partial charge in [-0.25, -0.2) is 5.43 Å². The summed E-state index contributed by atoms with van der Waals surface area (Å²) in [6, 6.07) is 16.4. The molecule has 3 rings (SSSR count). The van der Waals surface area contributed by atoms with E-state index in [-0.39, 0.29) is 35.3 Å². The molecule has 0 saturated carbocycles. The molecule has 0 saturated heterocycles. The largest absolute Gasteiger partial charge is 0.503 e. The van der Waals surface area contributed by atoms with E-state index >= 15 is 0 Å². The second-order valence-corrected chi connectivity index (χ2v) is 6.83. The number of hydrogen-bond donors (Lipinski definition) is 3. The first-order chi connectivity index (χ1) is 14.5. The molecule has 0 unspecified atom stereocenters. The number of fused-ring (bicyclic) bond motifs is 1. The lowest BCUT2D eigenvalue weighted by Gasteiger charge is -2.08. The number of aromatic hydroxyl groups is 1. The van der Waals surface area contributed by atoms with Gasteiger partial charge in [0.05, 0.1) is 18.3 Å². The number of methoxy groups -OCH3 is 1. The summed E-state index contributed by atoms with van der Waals surface area (Å²) in [7, 11) is 1.40. The Balaban J connectivity index is 1.51. The van der Waals surface area contributed by atoms with Crippen LogP contribution in [-0.2, 0) is 9.59 Å². The summed E-state index contributed by atoms with van der Waals surface area (Å²) in [5.41, 5.74) is 3.59. The standard InChI is InChI=1S/C22H20ClN3O4/c1-30-19-12-14(11-17(23)22(19)29)13-24-26-21(28)10-9-20(27)25-18-8-4-6-15-5-2-3-7-16(15)18/h2-8,11-13,29H,9-10H2,1H3,(H,25,27)(H,26,28). The SMILES string of the molecule is COc1cc(C=NNC(=O)CCC(=O)Nc2cccc3ccccc23)cc(Cl)c1O. The number of phenolic OH excluding ortho intramolecular Hbond substituents is 1. The second kappa shape index (κ2) is 9.76. The van der Waals surface area contributed by atoms with Crippen LogP contribution in [0.5, 0.6) is 11.5 Å². The van der Waals surface area contributed by atoms with E-state index in [1.54, 1.807) is 0 Å². The molecule has 0 bridgehead atoms. The molecule has 0 radical (unpaired) electrons. The molecule has 3 aromatic rings. The summed E-state index contributed by atoms with van der Waals surface area (Å²) in [4.78, 5) is 24.2. The number of ether oxygens (including phenoxy) is 1. The van der Waals surface area contributed by atoms with Crippen LogP contribution in [0.25, 0.3) is 10.8 Å². The van der Waals surface area contributed by atoms with Crippen LogP contribution in [0.1, 0.15) is 18.4 Å². The Bertz CT molecular complexity index is 1110. The molecule has 0 fully saturated rings. The highest BCUT2D eigenvalue weighted by Crippen LogP contribution is 2.34. The predicted molar refractivity (Wildman–Crippen MR) is 117 cm³/mol. The van der Waals surface area contributed by atoms with Crippen molar-refractivity contribution in [2.45, 2.75) is 12.8 Å². The third-order valence-corrected chi connectivity index (χ3v) is 4.60. The van der Waals surface area contributed by atoms with Crippen molar-refractivity contribution in [3.8, 4) is 11.5 Å². The molecule has 0 atom stereocenters. The Morgan fingerprint density at radius 2 is 1.83 bits per heavy atom. The number of nitrogens with one attached hydrogen (secondary N) is 2. The molecular weight excluding hydrogens is 406 g/mol. The summed E-state index contributed by atoms with van der Waals surface area (Å²) < 4.78 is 5.01. The number of hydrazone groups is 1. The first-order valence-electron chi connectivity index (χ1n) is 9.14. The van der Waals surface area contributed by atoms with Gasteiger partial charge in [-0.2, -0.15) is 5.10 Å². The molecule has 0 aliphatic heterocycles. The molecule has 2 amide bonds. The van der Waals surface area contributed by atoms with Crippen molar-refractivity contribution in [2.24, 2.45) is 5.10 Å². The van der Waals surface area contributed by atoms with Crippen LogP contribution in [0.15, 0.2) is 59.7 Å². The Kier molecular flexibility index (Phi) is 6.87. The van der Waals surface area contributed by atoms with Crippen molar-refractivity contribution in [1.82, 2.24) is 5.43 Å². The van der Waals surface area contributed by atoms with Crippen molar-refractivity contribution >= 4 is 46.1 Å². The minimum atomic E-state index is -0.406. The average Bonchev–Trinajstić information content (AvgIpc) is 2.75. The monoisotopic (exact) mass is 425 g/mol. The zero-order valence-corrected chi connectivity index (χ0v) is 16.9. The zero-order chi connectivity index (χ0) is 21.5. The van der Waals surface area contributed by atoms with E-state index in [0.29, 0.717) is 11.3 Å². The lowest BCUT2D eigenvalue weighted by atomic mass is 10.1. The van der Waals surface area contributed by atoms with Crippen molar-refractivity contribution in [3.63, 3.8) is 0 Å². The topological polar surface area (TPSA) is 100 Å². The quantitative estimate of drug-likeness (QED) is 0.392. The van der Waals surface area contributed by atoms with Crippen LogP contribution in [0, 0.1) is 0 Å². The Labute approximate surface area is 178 Å². The van der Waals surface area contributed by atoms with E-state index < -0.39 is 5.91 Å². The van der Waals surface area contributed by atoms with Gasteiger partial charge in [0.2, 0.25) is 11.8 Å². The number of benzene rings is 3. The minimum Gasteiger partial charge on any atom is -0.503 e. The van der Waals surface area contributed by atoms with Gasteiger partial charge in [-0.05, 0) is 29.1 Å². The number of amides is 2. The summed E-state index contributed by atoms with van der Waals surface area (Å²) in [5.74, 6) is -0.644. The fourth-order valence-electron chi connectivity index (χ4n) is 2.83. The number of halogens is 1. The first kappa shape index (κ1) is 21.1.